The second-order valence-corrected chi connectivity index (χ2v) is 7.94. The van der Waals surface area contributed by atoms with Gasteiger partial charge in [0.1, 0.15) is 16.5 Å². The third-order valence-electron chi connectivity index (χ3n) is 4.35. The molecule has 0 atom stereocenters. The summed E-state index contributed by atoms with van der Waals surface area (Å²) < 4.78 is 6.87. The molecule has 0 fully saturated rings. The van der Waals surface area contributed by atoms with Crippen molar-refractivity contribution >= 4 is 39.5 Å². The van der Waals surface area contributed by atoms with Crippen LogP contribution in [0.5, 0.6) is 5.75 Å². The Labute approximate surface area is 178 Å². The van der Waals surface area contributed by atoms with Gasteiger partial charge in [-0.05, 0) is 48.5 Å². The Bertz CT molecular complexity index is 1320. The SMILES string of the molecule is COc1ccc(-c2cc(-c3nnc4sc(-c5cc(Cl)ccc5Cl)nn34)[nH]n2)cc1. The van der Waals surface area contributed by atoms with E-state index in [1.165, 1.54) is 11.3 Å². The molecule has 0 aliphatic heterocycles. The van der Waals surface area contributed by atoms with Crippen LogP contribution in [0.15, 0.2) is 48.5 Å². The smallest absolute Gasteiger partial charge is 0.235 e. The molecule has 2 aromatic carbocycles. The van der Waals surface area contributed by atoms with Gasteiger partial charge >= 0.3 is 0 Å². The number of ether oxygens (including phenoxy) is 1. The molecule has 0 saturated carbocycles. The number of rotatable bonds is 4. The lowest BCUT2D eigenvalue weighted by Gasteiger charge is -2.00. The van der Waals surface area contributed by atoms with Gasteiger partial charge in [0.15, 0.2) is 0 Å². The molecule has 0 saturated heterocycles. The summed E-state index contributed by atoms with van der Waals surface area (Å²) in [4.78, 5) is 0.645. The Hall–Kier alpha value is -2.94. The van der Waals surface area contributed by atoms with Crippen molar-refractivity contribution in [1.82, 2.24) is 30.0 Å². The van der Waals surface area contributed by atoms with Crippen LogP contribution in [-0.4, -0.2) is 37.1 Å². The van der Waals surface area contributed by atoms with Crippen molar-refractivity contribution < 1.29 is 4.74 Å². The Kier molecular flexibility index (Phi) is 4.46. The molecule has 29 heavy (non-hydrogen) atoms. The number of methoxy groups -OCH3 is 1. The van der Waals surface area contributed by atoms with Gasteiger partial charge in [0.05, 0.1) is 17.8 Å². The van der Waals surface area contributed by atoms with E-state index in [1.807, 2.05) is 30.3 Å². The first-order chi connectivity index (χ1) is 14.1. The molecule has 3 aromatic heterocycles. The first kappa shape index (κ1) is 18.1. The van der Waals surface area contributed by atoms with Crippen LogP contribution in [0.2, 0.25) is 10.0 Å². The lowest BCUT2D eigenvalue weighted by molar-refractivity contribution is 0.415. The zero-order valence-electron chi connectivity index (χ0n) is 14.9. The van der Waals surface area contributed by atoms with Crippen molar-refractivity contribution in [2.75, 3.05) is 7.11 Å². The maximum absolute atomic E-state index is 6.31. The number of H-pyrrole nitrogens is 1. The summed E-state index contributed by atoms with van der Waals surface area (Å²) in [5, 5.41) is 22.4. The molecule has 0 radical (unpaired) electrons. The largest absolute Gasteiger partial charge is 0.497 e. The maximum Gasteiger partial charge on any atom is 0.235 e. The topological polar surface area (TPSA) is 81.0 Å². The zero-order valence-corrected chi connectivity index (χ0v) is 17.3. The highest BCUT2D eigenvalue weighted by molar-refractivity contribution is 7.19. The number of fused-ring (bicyclic) bond motifs is 1. The van der Waals surface area contributed by atoms with Crippen molar-refractivity contribution in [2.24, 2.45) is 0 Å². The normalized spacial score (nSPS) is 11.3. The van der Waals surface area contributed by atoms with Gasteiger partial charge in [-0.15, -0.1) is 10.2 Å². The van der Waals surface area contributed by atoms with Crippen LogP contribution in [0, 0.1) is 0 Å². The average Bonchev–Trinajstić information content (AvgIpc) is 3.45. The van der Waals surface area contributed by atoms with Crippen LogP contribution in [0.25, 0.3) is 38.3 Å². The molecule has 0 spiro atoms. The van der Waals surface area contributed by atoms with Gasteiger partial charge in [-0.2, -0.15) is 14.7 Å². The number of halogens is 2. The summed E-state index contributed by atoms with van der Waals surface area (Å²) in [7, 11) is 1.64. The second kappa shape index (κ2) is 7.14. The molecule has 144 valence electrons. The maximum atomic E-state index is 6.31. The summed E-state index contributed by atoms with van der Waals surface area (Å²) in [5.74, 6) is 1.35. The van der Waals surface area contributed by atoms with Crippen LogP contribution in [0.3, 0.4) is 0 Å². The Morgan fingerprint density at radius 2 is 1.86 bits per heavy atom. The van der Waals surface area contributed by atoms with Gasteiger partial charge in [0.2, 0.25) is 10.8 Å². The van der Waals surface area contributed by atoms with Crippen LogP contribution in [0.4, 0.5) is 0 Å². The van der Waals surface area contributed by atoms with Crippen molar-refractivity contribution in [3.63, 3.8) is 0 Å². The Morgan fingerprint density at radius 1 is 1.03 bits per heavy atom. The van der Waals surface area contributed by atoms with E-state index in [9.17, 15) is 0 Å². The van der Waals surface area contributed by atoms with E-state index in [0.29, 0.717) is 31.5 Å². The standard InChI is InChI=1S/C19H12Cl2N6OS/c1-28-12-5-2-10(3-6-12)15-9-16(23-22-15)17-24-25-19-27(17)26-18(29-19)13-8-11(20)4-7-14(13)21/h2-9H,1H3,(H,22,23). The fourth-order valence-electron chi connectivity index (χ4n) is 2.90. The molecule has 0 aliphatic carbocycles. The Morgan fingerprint density at radius 3 is 2.66 bits per heavy atom. The average molecular weight is 443 g/mol. The van der Waals surface area contributed by atoms with Gasteiger partial charge in [-0.25, -0.2) is 0 Å². The minimum atomic E-state index is 0.563. The highest BCUT2D eigenvalue weighted by Crippen LogP contribution is 2.34. The van der Waals surface area contributed by atoms with E-state index in [0.717, 1.165) is 22.6 Å². The first-order valence-electron chi connectivity index (χ1n) is 8.50. The van der Waals surface area contributed by atoms with Crippen molar-refractivity contribution in [2.45, 2.75) is 0 Å². The quantitative estimate of drug-likeness (QED) is 0.412. The van der Waals surface area contributed by atoms with Gasteiger partial charge < -0.3 is 4.74 Å². The fourth-order valence-corrected chi connectivity index (χ4v) is 4.21. The van der Waals surface area contributed by atoms with Crippen LogP contribution in [0.1, 0.15) is 0 Å². The number of hydrogen-bond donors (Lipinski definition) is 1. The molecule has 7 nitrogen and oxygen atoms in total. The molecule has 5 aromatic rings. The summed E-state index contributed by atoms with van der Waals surface area (Å²) in [6, 6.07) is 14.8. The number of aromatic nitrogens is 6. The second-order valence-electron chi connectivity index (χ2n) is 6.14. The van der Waals surface area contributed by atoms with Gasteiger partial charge in [-0.1, -0.05) is 34.5 Å². The number of nitrogens with one attached hydrogen (secondary N) is 1. The number of aromatic amines is 1. The van der Waals surface area contributed by atoms with Crippen LogP contribution in [-0.2, 0) is 0 Å². The molecular formula is C19H12Cl2N6OS. The molecule has 0 unspecified atom stereocenters. The minimum Gasteiger partial charge on any atom is -0.497 e. The molecule has 3 heterocycles. The summed E-state index contributed by atoms with van der Waals surface area (Å²) in [5.41, 5.74) is 3.20. The molecule has 5 rings (SSSR count). The predicted molar refractivity (Wildman–Crippen MR) is 114 cm³/mol. The summed E-state index contributed by atoms with van der Waals surface area (Å²) in [6.45, 7) is 0. The predicted octanol–water partition coefficient (Wildman–Crippen LogP) is 5.23. The van der Waals surface area contributed by atoms with Gasteiger partial charge in [0, 0.05) is 16.1 Å². The molecule has 0 aliphatic rings. The number of benzene rings is 2. The lowest BCUT2D eigenvalue weighted by Crippen LogP contribution is -1.91. The van der Waals surface area contributed by atoms with E-state index in [2.05, 4.69) is 25.5 Å². The zero-order chi connectivity index (χ0) is 20.0. The highest BCUT2D eigenvalue weighted by atomic mass is 35.5. The summed E-state index contributed by atoms with van der Waals surface area (Å²) >= 11 is 13.8. The summed E-state index contributed by atoms with van der Waals surface area (Å²) in [6.07, 6.45) is 0. The highest BCUT2D eigenvalue weighted by Gasteiger charge is 2.18. The number of nitrogens with zero attached hydrogens (tertiary/aromatic N) is 5. The molecular weight excluding hydrogens is 431 g/mol. The van der Waals surface area contributed by atoms with E-state index in [-0.39, 0.29) is 0 Å². The Balaban J connectivity index is 1.53. The third-order valence-corrected chi connectivity index (χ3v) is 5.85. The monoisotopic (exact) mass is 442 g/mol. The van der Waals surface area contributed by atoms with E-state index < -0.39 is 0 Å². The van der Waals surface area contributed by atoms with Gasteiger partial charge in [0.25, 0.3) is 0 Å². The molecule has 10 heteroatoms. The molecule has 0 bridgehead atoms. The van der Waals surface area contributed by atoms with Gasteiger partial charge in [-0.3, -0.25) is 5.10 Å². The lowest BCUT2D eigenvalue weighted by atomic mass is 10.1. The van der Waals surface area contributed by atoms with Crippen LogP contribution >= 0.6 is 34.5 Å². The third kappa shape index (κ3) is 3.25. The number of hydrogen-bond acceptors (Lipinski definition) is 6. The van der Waals surface area contributed by atoms with Crippen molar-refractivity contribution in [1.29, 1.82) is 0 Å². The van der Waals surface area contributed by atoms with E-state index in [1.54, 1.807) is 29.8 Å². The van der Waals surface area contributed by atoms with E-state index in [4.69, 9.17) is 27.9 Å². The van der Waals surface area contributed by atoms with Crippen LogP contribution < -0.4 is 4.74 Å². The first-order valence-corrected chi connectivity index (χ1v) is 10.1. The van der Waals surface area contributed by atoms with Crippen molar-refractivity contribution in [3.05, 3.63) is 58.6 Å². The fraction of sp³-hybridized carbons (Fsp3) is 0.0526. The van der Waals surface area contributed by atoms with Crippen molar-refractivity contribution in [3.8, 4) is 39.1 Å². The molecule has 0 amide bonds. The van der Waals surface area contributed by atoms with E-state index >= 15 is 0 Å². The molecule has 1 N–H and O–H groups in total. The minimum absolute atomic E-state index is 0.563.